The maximum Gasteiger partial charge on any atom is 0.348 e. The second-order valence-electron chi connectivity index (χ2n) is 5.22. The number of benzene rings is 1. The number of nitrogens with zero attached hydrogens (tertiary/aromatic N) is 1. The molecular formula is C15H17N3O3S. The minimum Gasteiger partial charge on any atom is -0.477 e. The monoisotopic (exact) mass is 319 g/mol. The molecule has 2 aromatic rings. The zero-order valence-electron chi connectivity index (χ0n) is 12.5. The van der Waals surface area contributed by atoms with E-state index in [0.717, 1.165) is 16.9 Å². The number of hydrogen-bond donors (Lipinski definition) is 3. The van der Waals surface area contributed by atoms with Crippen molar-refractivity contribution in [2.75, 3.05) is 11.1 Å². The lowest BCUT2D eigenvalue weighted by molar-refractivity contribution is -0.118. The molecule has 0 unspecified atom stereocenters. The van der Waals surface area contributed by atoms with Crippen LogP contribution in [0.2, 0.25) is 0 Å². The molecule has 0 aliphatic heterocycles. The number of nitrogen functional groups attached to an aromatic ring is 1. The summed E-state index contributed by atoms with van der Waals surface area (Å²) in [4.78, 5) is 27.4. The summed E-state index contributed by atoms with van der Waals surface area (Å²) in [6.07, 6.45) is 0. The number of hydrogen-bond acceptors (Lipinski definition) is 5. The number of carboxylic acid groups (broad SMARTS) is 1. The second kappa shape index (κ2) is 6.15. The molecule has 22 heavy (non-hydrogen) atoms. The van der Waals surface area contributed by atoms with Gasteiger partial charge in [-0.3, -0.25) is 4.79 Å². The number of aromatic nitrogens is 1. The first-order chi connectivity index (χ1) is 10.3. The summed E-state index contributed by atoms with van der Waals surface area (Å²) in [5.41, 5.74) is 8.26. The smallest absolute Gasteiger partial charge is 0.348 e. The Balaban J connectivity index is 2.45. The Morgan fingerprint density at radius 1 is 1.36 bits per heavy atom. The third-order valence-electron chi connectivity index (χ3n) is 3.13. The van der Waals surface area contributed by atoms with Crippen molar-refractivity contribution >= 4 is 34.0 Å². The Bertz CT molecular complexity index is 738. The first-order valence-corrected chi connectivity index (χ1v) is 7.52. The van der Waals surface area contributed by atoms with Crippen molar-refractivity contribution in [3.05, 3.63) is 28.6 Å². The van der Waals surface area contributed by atoms with Gasteiger partial charge in [0.1, 0.15) is 4.88 Å². The Kier molecular flexibility index (Phi) is 4.46. The van der Waals surface area contributed by atoms with Gasteiger partial charge >= 0.3 is 5.97 Å². The van der Waals surface area contributed by atoms with Crippen LogP contribution in [0.15, 0.2) is 18.2 Å². The van der Waals surface area contributed by atoms with E-state index in [1.807, 2.05) is 13.0 Å². The molecule has 0 spiro atoms. The van der Waals surface area contributed by atoms with Crippen molar-refractivity contribution in [1.29, 1.82) is 0 Å². The van der Waals surface area contributed by atoms with Gasteiger partial charge in [-0.1, -0.05) is 37.3 Å². The number of aryl methyl sites for hydroxylation is 1. The van der Waals surface area contributed by atoms with E-state index in [1.165, 1.54) is 0 Å². The van der Waals surface area contributed by atoms with Gasteiger partial charge in [0.05, 0.1) is 5.69 Å². The van der Waals surface area contributed by atoms with E-state index in [-0.39, 0.29) is 21.8 Å². The number of aromatic carboxylic acids is 1. The van der Waals surface area contributed by atoms with Crippen molar-refractivity contribution < 1.29 is 14.7 Å². The van der Waals surface area contributed by atoms with Crippen LogP contribution < -0.4 is 11.1 Å². The molecule has 0 aliphatic rings. The second-order valence-corrected chi connectivity index (χ2v) is 6.22. The normalized spacial score (nSPS) is 10.7. The molecule has 4 N–H and O–H groups in total. The van der Waals surface area contributed by atoms with Gasteiger partial charge in [0.25, 0.3) is 0 Å². The summed E-state index contributed by atoms with van der Waals surface area (Å²) in [5, 5.41) is 12.2. The molecule has 0 saturated heterocycles. The third kappa shape index (κ3) is 3.25. The fourth-order valence-corrected chi connectivity index (χ4v) is 2.58. The van der Waals surface area contributed by atoms with E-state index in [0.29, 0.717) is 16.9 Å². The number of carbonyl (C=O) groups excluding carboxylic acids is 1. The van der Waals surface area contributed by atoms with Crippen LogP contribution in [0.1, 0.15) is 29.1 Å². The van der Waals surface area contributed by atoms with Crippen molar-refractivity contribution in [2.45, 2.75) is 20.8 Å². The number of rotatable bonds is 4. The zero-order chi connectivity index (χ0) is 16.4. The van der Waals surface area contributed by atoms with Crippen LogP contribution in [0.5, 0.6) is 0 Å². The van der Waals surface area contributed by atoms with Crippen molar-refractivity contribution in [3.63, 3.8) is 0 Å². The molecule has 1 aromatic carbocycles. The van der Waals surface area contributed by atoms with Crippen LogP contribution in [-0.2, 0) is 4.79 Å². The molecule has 0 fully saturated rings. The predicted octanol–water partition coefficient (Wildman–Crippen LogP) is 2.99. The van der Waals surface area contributed by atoms with E-state index in [2.05, 4.69) is 10.3 Å². The van der Waals surface area contributed by atoms with E-state index in [9.17, 15) is 14.7 Å². The van der Waals surface area contributed by atoms with Gasteiger partial charge in [-0.25, -0.2) is 9.78 Å². The van der Waals surface area contributed by atoms with Crippen LogP contribution >= 0.6 is 11.3 Å². The molecule has 6 nitrogen and oxygen atoms in total. The van der Waals surface area contributed by atoms with E-state index >= 15 is 0 Å². The zero-order valence-corrected chi connectivity index (χ0v) is 13.3. The highest BCUT2D eigenvalue weighted by molar-refractivity contribution is 7.18. The maximum atomic E-state index is 11.7. The molecule has 1 aromatic heterocycles. The SMILES string of the molecule is Cc1ccc(-c2nc(NC(=O)C(C)C)sc2C(=O)O)cc1N. The summed E-state index contributed by atoms with van der Waals surface area (Å²) in [7, 11) is 0. The molecule has 116 valence electrons. The summed E-state index contributed by atoms with van der Waals surface area (Å²) in [6.45, 7) is 5.37. The molecule has 0 atom stereocenters. The van der Waals surface area contributed by atoms with Crippen molar-refractivity contribution in [2.24, 2.45) is 5.92 Å². The Morgan fingerprint density at radius 3 is 2.59 bits per heavy atom. The number of anilines is 2. The van der Waals surface area contributed by atoms with E-state index in [4.69, 9.17) is 5.73 Å². The van der Waals surface area contributed by atoms with Gasteiger partial charge in [0, 0.05) is 17.2 Å². The first kappa shape index (κ1) is 16.0. The van der Waals surface area contributed by atoms with Crippen LogP contribution in [0.25, 0.3) is 11.3 Å². The molecular weight excluding hydrogens is 302 g/mol. The number of thiazole rings is 1. The molecule has 1 heterocycles. The average molecular weight is 319 g/mol. The number of nitrogens with one attached hydrogen (secondary N) is 1. The Morgan fingerprint density at radius 2 is 2.05 bits per heavy atom. The van der Waals surface area contributed by atoms with Gasteiger partial charge in [0.15, 0.2) is 5.13 Å². The highest BCUT2D eigenvalue weighted by atomic mass is 32.1. The van der Waals surface area contributed by atoms with Crippen LogP contribution in [0.3, 0.4) is 0 Å². The number of amides is 1. The summed E-state index contributed by atoms with van der Waals surface area (Å²) in [5.74, 6) is -1.51. The third-order valence-corrected chi connectivity index (χ3v) is 4.09. The van der Waals surface area contributed by atoms with E-state index < -0.39 is 5.97 Å². The fourth-order valence-electron chi connectivity index (χ4n) is 1.75. The molecule has 0 aliphatic carbocycles. The lowest BCUT2D eigenvalue weighted by Crippen LogP contribution is -2.17. The molecule has 0 radical (unpaired) electrons. The molecule has 0 bridgehead atoms. The highest BCUT2D eigenvalue weighted by Gasteiger charge is 2.20. The van der Waals surface area contributed by atoms with Gasteiger partial charge in [-0.2, -0.15) is 0 Å². The topological polar surface area (TPSA) is 105 Å². The Hall–Kier alpha value is -2.41. The highest BCUT2D eigenvalue weighted by Crippen LogP contribution is 2.32. The van der Waals surface area contributed by atoms with Gasteiger partial charge in [-0.05, 0) is 18.6 Å². The number of nitrogens with two attached hydrogens (primary N) is 1. The minimum absolute atomic E-state index is 0.0716. The lowest BCUT2D eigenvalue weighted by Gasteiger charge is -2.04. The quantitative estimate of drug-likeness (QED) is 0.751. The standard InChI is InChI=1S/C15H17N3O3S/c1-7(2)13(19)18-15-17-11(12(22-15)14(20)21)9-5-4-8(3)10(16)6-9/h4-7H,16H2,1-3H3,(H,20,21)(H,17,18,19). The van der Waals surface area contributed by atoms with Gasteiger partial charge < -0.3 is 16.2 Å². The average Bonchev–Trinajstić information content (AvgIpc) is 2.85. The minimum atomic E-state index is -1.09. The summed E-state index contributed by atoms with van der Waals surface area (Å²) >= 11 is 0.935. The number of carbonyl (C=O) groups is 2. The Labute approximate surface area is 132 Å². The molecule has 1 amide bonds. The van der Waals surface area contributed by atoms with Crippen LogP contribution in [0.4, 0.5) is 10.8 Å². The molecule has 0 saturated carbocycles. The van der Waals surface area contributed by atoms with Gasteiger partial charge in [-0.15, -0.1) is 0 Å². The van der Waals surface area contributed by atoms with Crippen LogP contribution in [0, 0.1) is 12.8 Å². The summed E-state index contributed by atoms with van der Waals surface area (Å²) in [6, 6.07) is 5.26. The summed E-state index contributed by atoms with van der Waals surface area (Å²) < 4.78 is 0. The largest absolute Gasteiger partial charge is 0.477 e. The maximum absolute atomic E-state index is 11.7. The van der Waals surface area contributed by atoms with Crippen molar-refractivity contribution in [1.82, 2.24) is 4.98 Å². The van der Waals surface area contributed by atoms with Gasteiger partial charge in [0.2, 0.25) is 5.91 Å². The fraction of sp³-hybridized carbons (Fsp3) is 0.267. The lowest BCUT2D eigenvalue weighted by atomic mass is 10.1. The molecule has 2 rings (SSSR count). The predicted molar refractivity (Wildman–Crippen MR) is 87.1 cm³/mol. The van der Waals surface area contributed by atoms with E-state index in [1.54, 1.807) is 26.0 Å². The van der Waals surface area contributed by atoms with Crippen LogP contribution in [-0.4, -0.2) is 22.0 Å². The number of carboxylic acids is 1. The molecule has 7 heteroatoms. The van der Waals surface area contributed by atoms with Crippen molar-refractivity contribution in [3.8, 4) is 11.3 Å². The first-order valence-electron chi connectivity index (χ1n) is 6.71.